The lowest BCUT2D eigenvalue weighted by Gasteiger charge is -2.14. The molecule has 0 fully saturated rings. The molecule has 34 heavy (non-hydrogen) atoms. The number of anilines is 1. The van der Waals surface area contributed by atoms with E-state index in [-0.39, 0.29) is 5.91 Å². The van der Waals surface area contributed by atoms with Crippen molar-refractivity contribution in [3.05, 3.63) is 70.5 Å². The summed E-state index contributed by atoms with van der Waals surface area (Å²) in [4.78, 5) is 17.6. The van der Waals surface area contributed by atoms with Gasteiger partial charge in [-0.1, -0.05) is 17.7 Å². The molecule has 0 atom stereocenters. The third-order valence-electron chi connectivity index (χ3n) is 5.59. The largest absolute Gasteiger partial charge is 0.497 e. The molecule has 0 saturated heterocycles. The van der Waals surface area contributed by atoms with Crippen molar-refractivity contribution in [3.63, 3.8) is 0 Å². The maximum atomic E-state index is 12.9. The minimum atomic E-state index is -0.240. The number of nitrogens with zero attached hydrogens (tertiary/aromatic N) is 3. The molecule has 0 aliphatic heterocycles. The number of rotatable bonds is 8. The minimum absolute atomic E-state index is 0.240. The van der Waals surface area contributed by atoms with Gasteiger partial charge in [-0.15, -0.1) is 0 Å². The van der Waals surface area contributed by atoms with Gasteiger partial charge >= 0.3 is 0 Å². The zero-order chi connectivity index (χ0) is 24.7. The Balaban J connectivity index is 1.85. The van der Waals surface area contributed by atoms with Crippen molar-refractivity contribution in [1.29, 1.82) is 0 Å². The molecule has 0 bridgehead atoms. The van der Waals surface area contributed by atoms with Crippen LogP contribution in [-0.4, -0.2) is 42.4 Å². The number of amides is 1. The molecular formula is C26H33N5O3. The summed E-state index contributed by atoms with van der Waals surface area (Å²) < 4.78 is 12.7. The number of aryl methyl sites for hydroxylation is 3. The van der Waals surface area contributed by atoms with Crippen molar-refractivity contribution >= 4 is 17.6 Å². The molecule has 0 spiro atoms. The van der Waals surface area contributed by atoms with E-state index < -0.39 is 0 Å². The van der Waals surface area contributed by atoms with Gasteiger partial charge in [-0.25, -0.2) is 0 Å². The molecule has 1 amide bonds. The number of carbonyl (C=O) groups is 1. The second-order valence-corrected chi connectivity index (χ2v) is 8.00. The van der Waals surface area contributed by atoms with Crippen LogP contribution in [-0.2, 0) is 13.0 Å². The number of hydrogen-bond acceptors (Lipinski definition) is 5. The summed E-state index contributed by atoms with van der Waals surface area (Å²) in [7, 11) is 3.18. The van der Waals surface area contributed by atoms with Crippen molar-refractivity contribution in [1.82, 2.24) is 15.1 Å². The summed E-state index contributed by atoms with van der Waals surface area (Å²) in [5.74, 6) is 1.37. The molecular weight excluding hydrogens is 430 g/mol. The molecule has 3 aromatic rings. The maximum Gasteiger partial charge on any atom is 0.257 e. The van der Waals surface area contributed by atoms with E-state index in [2.05, 4.69) is 34.6 Å². The van der Waals surface area contributed by atoms with Crippen LogP contribution in [0.25, 0.3) is 0 Å². The van der Waals surface area contributed by atoms with Crippen molar-refractivity contribution in [2.45, 2.75) is 40.7 Å². The number of aromatic nitrogens is 2. The van der Waals surface area contributed by atoms with Crippen molar-refractivity contribution in [2.75, 3.05) is 26.1 Å². The molecule has 2 N–H and O–H groups in total. The summed E-state index contributed by atoms with van der Waals surface area (Å²) in [5.41, 5.74) is 5.59. The second-order valence-electron chi connectivity index (χ2n) is 8.00. The van der Waals surface area contributed by atoms with E-state index in [1.165, 1.54) is 5.56 Å². The van der Waals surface area contributed by atoms with Gasteiger partial charge in [0.15, 0.2) is 0 Å². The number of methoxy groups -OCH3 is 2. The van der Waals surface area contributed by atoms with Gasteiger partial charge in [-0.05, 0) is 51.8 Å². The van der Waals surface area contributed by atoms with Crippen molar-refractivity contribution in [3.8, 4) is 11.5 Å². The molecule has 1 aromatic heterocycles. The zero-order valence-electron chi connectivity index (χ0n) is 20.7. The number of guanidine groups is 1. The average molecular weight is 464 g/mol. The van der Waals surface area contributed by atoms with E-state index in [4.69, 9.17) is 9.47 Å². The Labute approximate surface area is 201 Å². The normalized spacial score (nSPS) is 11.3. The Morgan fingerprint density at radius 2 is 1.76 bits per heavy atom. The van der Waals surface area contributed by atoms with E-state index in [1.54, 1.807) is 26.4 Å². The topological polar surface area (TPSA) is 89.8 Å². The number of nitrogens with one attached hydrogen (secondary N) is 2. The summed E-state index contributed by atoms with van der Waals surface area (Å²) >= 11 is 0. The molecule has 180 valence electrons. The molecule has 0 aliphatic rings. The number of benzene rings is 2. The highest BCUT2D eigenvalue weighted by atomic mass is 16.5. The van der Waals surface area contributed by atoms with Crippen LogP contribution < -0.4 is 20.1 Å². The third kappa shape index (κ3) is 6.15. The van der Waals surface area contributed by atoms with Crippen LogP contribution in [0.3, 0.4) is 0 Å². The molecule has 0 aliphatic carbocycles. The fraction of sp³-hybridized carbons (Fsp3) is 0.346. The van der Waals surface area contributed by atoms with Gasteiger partial charge in [0, 0.05) is 48.2 Å². The molecule has 0 saturated carbocycles. The summed E-state index contributed by atoms with van der Waals surface area (Å²) in [6.07, 6.45) is 0.713. The molecule has 2 aromatic carbocycles. The number of carbonyl (C=O) groups excluding carboxylic acids is 1. The fourth-order valence-electron chi connectivity index (χ4n) is 3.78. The fourth-order valence-corrected chi connectivity index (χ4v) is 3.78. The highest BCUT2D eigenvalue weighted by Gasteiger charge is 2.13. The zero-order valence-corrected chi connectivity index (χ0v) is 20.7. The van der Waals surface area contributed by atoms with Crippen molar-refractivity contribution < 1.29 is 14.3 Å². The lowest BCUT2D eigenvalue weighted by Crippen LogP contribution is -2.36. The molecule has 0 radical (unpaired) electrons. The first kappa shape index (κ1) is 24.8. The minimum Gasteiger partial charge on any atom is -0.497 e. The van der Waals surface area contributed by atoms with Crippen LogP contribution in [0.15, 0.2) is 47.5 Å². The van der Waals surface area contributed by atoms with E-state index in [9.17, 15) is 4.79 Å². The average Bonchev–Trinajstić information content (AvgIpc) is 3.11. The summed E-state index contributed by atoms with van der Waals surface area (Å²) in [6, 6.07) is 12.8. The predicted molar refractivity (Wildman–Crippen MR) is 135 cm³/mol. The third-order valence-corrected chi connectivity index (χ3v) is 5.59. The Bertz CT molecular complexity index is 1160. The first-order valence-corrected chi connectivity index (χ1v) is 11.3. The smallest absolute Gasteiger partial charge is 0.257 e. The Morgan fingerprint density at radius 3 is 2.35 bits per heavy atom. The second kappa shape index (κ2) is 11.4. The van der Waals surface area contributed by atoms with E-state index >= 15 is 0 Å². The van der Waals surface area contributed by atoms with E-state index in [1.807, 2.05) is 48.9 Å². The predicted octanol–water partition coefficient (Wildman–Crippen LogP) is 4.29. The summed E-state index contributed by atoms with van der Waals surface area (Å²) in [5, 5.41) is 10.7. The van der Waals surface area contributed by atoms with E-state index in [0.29, 0.717) is 41.7 Å². The first-order chi connectivity index (χ1) is 16.3. The van der Waals surface area contributed by atoms with Gasteiger partial charge in [-0.3, -0.25) is 19.8 Å². The molecule has 1 heterocycles. The molecule has 8 heteroatoms. The molecule has 3 rings (SSSR count). The van der Waals surface area contributed by atoms with E-state index in [0.717, 1.165) is 23.5 Å². The Kier molecular flexibility index (Phi) is 8.29. The standard InChI is InChI=1S/C26H33N5O3/c1-7-31-19(4)24(18(3)30-31)11-12-27-26(29-25(32)20-10-8-9-17(2)13-20)28-21-14-22(33-5)16-23(15-21)34-6/h8-10,13-16H,7,11-12H2,1-6H3,(H2,27,28,29,32). The van der Waals surface area contributed by atoms with Crippen LogP contribution in [0.1, 0.15) is 39.8 Å². The SMILES string of the molecule is CCn1nc(C)c(CCN=C(NC(=O)c2cccc(C)c2)Nc2cc(OC)cc(OC)c2)c1C. The highest BCUT2D eigenvalue weighted by molar-refractivity contribution is 6.10. The van der Waals surface area contributed by atoms with Crippen LogP contribution in [0.2, 0.25) is 0 Å². The highest BCUT2D eigenvalue weighted by Crippen LogP contribution is 2.25. The van der Waals surface area contributed by atoms with Crippen molar-refractivity contribution in [2.24, 2.45) is 4.99 Å². The van der Waals surface area contributed by atoms with Gasteiger partial charge in [-0.2, -0.15) is 5.10 Å². The Morgan fingerprint density at radius 1 is 1.06 bits per heavy atom. The van der Waals surface area contributed by atoms with Gasteiger partial charge in [0.2, 0.25) is 5.96 Å². The lowest BCUT2D eigenvalue weighted by atomic mass is 10.1. The molecule has 0 unspecified atom stereocenters. The lowest BCUT2D eigenvalue weighted by molar-refractivity contribution is 0.0977. The number of hydrogen-bond donors (Lipinski definition) is 2. The quantitative estimate of drug-likeness (QED) is 0.384. The van der Waals surface area contributed by atoms with Crippen LogP contribution in [0.5, 0.6) is 11.5 Å². The maximum absolute atomic E-state index is 12.9. The van der Waals surface area contributed by atoms with Crippen LogP contribution in [0, 0.1) is 20.8 Å². The van der Waals surface area contributed by atoms with Gasteiger partial charge in [0.05, 0.1) is 19.9 Å². The van der Waals surface area contributed by atoms with Gasteiger partial charge in [0.1, 0.15) is 11.5 Å². The molecule has 8 nitrogen and oxygen atoms in total. The van der Waals surface area contributed by atoms with Crippen LogP contribution >= 0.6 is 0 Å². The van der Waals surface area contributed by atoms with Gasteiger partial charge in [0.25, 0.3) is 5.91 Å². The van der Waals surface area contributed by atoms with Gasteiger partial charge < -0.3 is 14.8 Å². The number of aliphatic imine (C=N–C) groups is 1. The Hall–Kier alpha value is -3.81. The van der Waals surface area contributed by atoms with Crippen LogP contribution in [0.4, 0.5) is 5.69 Å². The monoisotopic (exact) mass is 463 g/mol. The summed E-state index contributed by atoms with van der Waals surface area (Å²) in [6.45, 7) is 9.42. The number of ether oxygens (including phenoxy) is 2. The first-order valence-electron chi connectivity index (χ1n) is 11.3.